The van der Waals surface area contributed by atoms with Gasteiger partial charge in [0.1, 0.15) is 6.61 Å². The molecule has 2 N–H and O–H groups in total. The number of amides is 2. The fourth-order valence-electron chi connectivity index (χ4n) is 3.52. The second kappa shape index (κ2) is 9.99. The van der Waals surface area contributed by atoms with Gasteiger partial charge in [-0.3, -0.25) is 0 Å². The number of carbonyl (C=O) groups excluding carboxylic acids is 3. The summed E-state index contributed by atoms with van der Waals surface area (Å²) in [6.07, 6.45) is 0. The van der Waals surface area contributed by atoms with Gasteiger partial charge in [-0.05, 0) is 26.0 Å². The van der Waals surface area contributed by atoms with Crippen molar-refractivity contribution in [3.8, 4) is 17.1 Å². The molecule has 0 saturated carbocycles. The Hall–Kier alpha value is -4.47. The highest BCUT2D eigenvalue weighted by Gasteiger charge is 2.31. The van der Waals surface area contributed by atoms with Crippen molar-refractivity contribution in [1.82, 2.24) is 25.4 Å². The van der Waals surface area contributed by atoms with Gasteiger partial charge < -0.3 is 20.1 Å². The zero-order valence-electron chi connectivity index (χ0n) is 18.6. The van der Waals surface area contributed by atoms with Gasteiger partial charge in [0.15, 0.2) is 5.82 Å². The van der Waals surface area contributed by atoms with Crippen molar-refractivity contribution in [3.05, 3.63) is 77.8 Å². The Bertz CT molecular complexity index is 1180. The lowest BCUT2D eigenvalue weighted by Crippen LogP contribution is -2.50. The average Bonchev–Trinajstić information content (AvgIpc) is 3.29. The molecule has 1 aliphatic heterocycles. The Balaban J connectivity index is 1.62. The van der Waals surface area contributed by atoms with Crippen molar-refractivity contribution in [2.45, 2.75) is 19.9 Å². The molecule has 1 aromatic heterocycles. The van der Waals surface area contributed by atoms with Crippen molar-refractivity contribution in [1.29, 1.82) is 0 Å². The second-order valence-electron chi connectivity index (χ2n) is 7.38. The Morgan fingerprint density at radius 2 is 1.68 bits per heavy atom. The van der Waals surface area contributed by atoms with Crippen LogP contribution in [-0.4, -0.2) is 52.0 Å². The number of esters is 2. The van der Waals surface area contributed by atoms with E-state index in [1.165, 1.54) is 0 Å². The van der Waals surface area contributed by atoms with Crippen LogP contribution < -0.4 is 10.6 Å². The third-order valence-electron chi connectivity index (χ3n) is 5.04. The summed E-state index contributed by atoms with van der Waals surface area (Å²) in [7, 11) is 0. The van der Waals surface area contributed by atoms with Crippen LogP contribution in [-0.2, 0) is 14.3 Å². The molecule has 0 unspecified atom stereocenters. The number of para-hydroxylation sites is 1. The molecule has 0 aliphatic carbocycles. The summed E-state index contributed by atoms with van der Waals surface area (Å²) in [4.78, 5) is 41.5. The van der Waals surface area contributed by atoms with Crippen LogP contribution in [0.1, 0.15) is 24.5 Å². The van der Waals surface area contributed by atoms with Crippen LogP contribution in [0.15, 0.2) is 71.9 Å². The average molecular weight is 461 g/mol. The van der Waals surface area contributed by atoms with E-state index in [0.29, 0.717) is 5.82 Å². The lowest BCUT2D eigenvalue weighted by atomic mass is 10.0. The van der Waals surface area contributed by atoms with Crippen LogP contribution in [0.25, 0.3) is 17.1 Å². The molecular formula is C24H23N5O5. The lowest BCUT2D eigenvalue weighted by molar-refractivity contribution is -0.139. The number of hydrogen-bond acceptors (Lipinski definition) is 7. The minimum Gasteiger partial charge on any atom is -0.463 e. The summed E-state index contributed by atoms with van der Waals surface area (Å²) in [5, 5.41) is 9.46. The van der Waals surface area contributed by atoms with Crippen molar-refractivity contribution in [2.24, 2.45) is 0 Å². The molecule has 0 bridgehead atoms. The topological polar surface area (TPSA) is 124 Å². The predicted octanol–water partition coefficient (Wildman–Crippen LogP) is 2.61. The molecule has 1 aliphatic rings. The largest absolute Gasteiger partial charge is 0.463 e. The van der Waals surface area contributed by atoms with Gasteiger partial charge in [-0.1, -0.05) is 48.5 Å². The highest BCUT2D eigenvalue weighted by atomic mass is 16.5. The molecule has 2 heterocycles. The van der Waals surface area contributed by atoms with Gasteiger partial charge in [-0.2, -0.15) is 0 Å². The maximum absolute atomic E-state index is 12.9. The number of carbonyl (C=O) groups is 3. The molecule has 10 heteroatoms. The predicted molar refractivity (Wildman–Crippen MR) is 122 cm³/mol. The lowest BCUT2D eigenvalue weighted by Gasteiger charge is -2.26. The van der Waals surface area contributed by atoms with Gasteiger partial charge in [0.2, 0.25) is 0 Å². The SMILES string of the molecule is CCOC(=O)C1=C(COC(=O)c2nc(-c3ccccc3)n(-c3ccccc3)n2)NC(=O)N[C@H]1C. The van der Waals surface area contributed by atoms with E-state index in [2.05, 4.69) is 20.7 Å². The Kier molecular flexibility index (Phi) is 6.67. The summed E-state index contributed by atoms with van der Waals surface area (Å²) in [5.41, 5.74) is 1.82. The van der Waals surface area contributed by atoms with Gasteiger partial charge in [-0.15, -0.1) is 5.10 Å². The van der Waals surface area contributed by atoms with E-state index in [1.807, 2.05) is 60.7 Å². The number of aromatic nitrogens is 3. The molecule has 2 aromatic carbocycles. The van der Waals surface area contributed by atoms with Crippen LogP contribution in [0, 0.1) is 0 Å². The summed E-state index contributed by atoms with van der Waals surface area (Å²) in [5.74, 6) is -1.10. The molecule has 4 rings (SSSR count). The number of ether oxygens (including phenoxy) is 2. The first kappa shape index (κ1) is 22.7. The number of nitrogens with one attached hydrogen (secondary N) is 2. The molecule has 10 nitrogen and oxygen atoms in total. The minimum absolute atomic E-state index is 0.147. The van der Waals surface area contributed by atoms with Crippen LogP contribution in [0.3, 0.4) is 0 Å². The summed E-state index contributed by atoms with van der Waals surface area (Å²) in [6, 6.07) is 17.5. The number of nitrogens with zero attached hydrogens (tertiary/aromatic N) is 3. The van der Waals surface area contributed by atoms with Crippen LogP contribution in [0.5, 0.6) is 0 Å². The third kappa shape index (κ3) is 4.80. The van der Waals surface area contributed by atoms with E-state index in [-0.39, 0.29) is 30.3 Å². The van der Waals surface area contributed by atoms with E-state index in [9.17, 15) is 14.4 Å². The molecule has 0 radical (unpaired) electrons. The Morgan fingerprint density at radius 3 is 2.35 bits per heavy atom. The zero-order valence-corrected chi connectivity index (χ0v) is 18.6. The molecule has 174 valence electrons. The maximum Gasteiger partial charge on any atom is 0.378 e. The zero-order chi connectivity index (χ0) is 24.1. The molecular weight excluding hydrogens is 438 g/mol. The minimum atomic E-state index is -0.803. The second-order valence-corrected chi connectivity index (χ2v) is 7.38. The first-order valence-corrected chi connectivity index (χ1v) is 10.7. The first-order chi connectivity index (χ1) is 16.5. The van der Waals surface area contributed by atoms with E-state index in [0.717, 1.165) is 11.3 Å². The molecule has 0 spiro atoms. The monoisotopic (exact) mass is 461 g/mol. The van der Waals surface area contributed by atoms with Gasteiger partial charge in [0, 0.05) is 5.56 Å². The van der Waals surface area contributed by atoms with Gasteiger partial charge in [0.05, 0.1) is 29.6 Å². The molecule has 1 atom stereocenters. The Morgan fingerprint density at radius 1 is 1.00 bits per heavy atom. The summed E-state index contributed by atoms with van der Waals surface area (Å²) >= 11 is 0. The van der Waals surface area contributed by atoms with E-state index in [4.69, 9.17) is 9.47 Å². The van der Waals surface area contributed by atoms with Gasteiger partial charge >= 0.3 is 18.0 Å². The van der Waals surface area contributed by atoms with Gasteiger partial charge in [0.25, 0.3) is 5.82 Å². The highest BCUT2D eigenvalue weighted by Crippen LogP contribution is 2.21. The van der Waals surface area contributed by atoms with Crippen molar-refractivity contribution >= 4 is 18.0 Å². The van der Waals surface area contributed by atoms with Crippen molar-refractivity contribution < 1.29 is 23.9 Å². The summed E-state index contributed by atoms with van der Waals surface area (Å²) < 4.78 is 12.0. The highest BCUT2D eigenvalue weighted by molar-refractivity contribution is 5.95. The van der Waals surface area contributed by atoms with E-state index in [1.54, 1.807) is 18.5 Å². The molecule has 34 heavy (non-hydrogen) atoms. The standard InChI is InChI=1S/C24H23N5O5/c1-3-33-22(30)19-15(2)25-24(32)26-18(19)14-34-23(31)20-27-21(16-10-6-4-7-11-16)29(28-20)17-12-8-5-9-13-17/h4-13,15H,3,14H2,1-2H3,(H2,25,26,32)/t15-/m0/s1. The van der Waals surface area contributed by atoms with E-state index >= 15 is 0 Å². The molecule has 0 fully saturated rings. The summed E-state index contributed by atoms with van der Waals surface area (Å²) in [6.45, 7) is 3.13. The third-order valence-corrected chi connectivity index (χ3v) is 5.04. The molecule has 3 aromatic rings. The number of benzene rings is 2. The van der Waals surface area contributed by atoms with Crippen LogP contribution in [0.4, 0.5) is 4.79 Å². The van der Waals surface area contributed by atoms with Gasteiger partial charge in [-0.25, -0.2) is 24.0 Å². The fraction of sp³-hybridized carbons (Fsp3) is 0.208. The number of urea groups is 1. The smallest absolute Gasteiger partial charge is 0.378 e. The van der Waals surface area contributed by atoms with Crippen molar-refractivity contribution in [3.63, 3.8) is 0 Å². The maximum atomic E-state index is 12.9. The van der Waals surface area contributed by atoms with Crippen LogP contribution >= 0.6 is 0 Å². The van der Waals surface area contributed by atoms with Crippen LogP contribution in [0.2, 0.25) is 0 Å². The van der Waals surface area contributed by atoms with Crippen molar-refractivity contribution in [2.75, 3.05) is 13.2 Å². The normalized spacial score (nSPS) is 15.4. The quantitative estimate of drug-likeness (QED) is 0.518. The molecule has 0 saturated heterocycles. The Labute approximate surface area is 195 Å². The van der Waals surface area contributed by atoms with E-state index < -0.39 is 24.0 Å². The first-order valence-electron chi connectivity index (χ1n) is 10.7. The fourth-order valence-corrected chi connectivity index (χ4v) is 3.52. The molecule has 2 amide bonds. The number of rotatable bonds is 7. The number of hydrogen-bond donors (Lipinski definition) is 2.